The SMILES string of the molecule is CCNCC(CC)Oc1ccccc1OCC. The molecule has 0 aliphatic rings. The van der Waals surface area contributed by atoms with Crippen molar-refractivity contribution in [3.05, 3.63) is 24.3 Å². The lowest BCUT2D eigenvalue weighted by molar-refractivity contribution is 0.183. The van der Waals surface area contributed by atoms with Gasteiger partial charge in [0, 0.05) is 6.54 Å². The molecule has 0 fully saturated rings. The van der Waals surface area contributed by atoms with E-state index in [4.69, 9.17) is 9.47 Å². The first-order valence-corrected chi connectivity index (χ1v) is 6.40. The predicted octanol–water partition coefficient (Wildman–Crippen LogP) is 2.85. The molecule has 0 saturated carbocycles. The molecule has 0 spiro atoms. The fraction of sp³-hybridized carbons (Fsp3) is 0.571. The van der Waals surface area contributed by atoms with Crippen molar-refractivity contribution in [2.24, 2.45) is 0 Å². The number of benzene rings is 1. The van der Waals surface area contributed by atoms with Gasteiger partial charge in [-0.15, -0.1) is 0 Å². The highest BCUT2D eigenvalue weighted by Gasteiger charge is 2.10. The van der Waals surface area contributed by atoms with Gasteiger partial charge in [0.15, 0.2) is 11.5 Å². The lowest BCUT2D eigenvalue weighted by atomic mass is 10.2. The molecule has 17 heavy (non-hydrogen) atoms. The molecule has 0 aromatic heterocycles. The summed E-state index contributed by atoms with van der Waals surface area (Å²) in [6.07, 6.45) is 1.17. The molecule has 1 aromatic rings. The van der Waals surface area contributed by atoms with Crippen molar-refractivity contribution in [3.8, 4) is 11.5 Å². The largest absolute Gasteiger partial charge is 0.490 e. The minimum atomic E-state index is 0.191. The Bertz CT molecular complexity index is 315. The predicted molar refractivity (Wildman–Crippen MR) is 70.9 cm³/mol. The average molecular weight is 237 g/mol. The molecule has 1 atom stereocenters. The van der Waals surface area contributed by atoms with E-state index in [1.54, 1.807) is 0 Å². The van der Waals surface area contributed by atoms with Crippen LogP contribution in [0.5, 0.6) is 11.5 Å². The summed E-state index contributed by atoms with van der Waals surface area (Å²) in [5, 5.41) is 3.31. The Morgan fingerprint density at radius 1 is 1.12 bits per heavy atom. The zero-order valence-corrected chi connectivity index (χ0v) is 11.0. The van der Waals surface area contributed by atoms with Crippen LogP contribution in [0.3, 0.4) is 0 Å². The third-order valence-electron chi connectivity index (χ3n) is 2.52. The van der Waals surface area contributed by atoms with Gasteiger partial charge in [-0.2, -0.15) is 0 Å². The van der Waals surface area contributed by atoms with Crippen LogP contribution in [-0.4, -0.2) is 25.8 Å². The number of nitrogens with one attached hydrogen (secondary N) is 1. The zero-order chi connectivity index (χ0) is 12.5. The second-order valence-electron chi connectivity index (χ2n) is 3.84. The molecule has 3 heteroatoms. The Morgan fingerprint density at radius 3 is 2.41 bits per heavy atom. The fourth-order valence-corrected chi connectivity index (χ4v) is 1.58. The fourth-order valence-electron chi connectivity index (χ4n) is 1.58. The third kappa shape index (κ3) is 4.65. The maximum atomic E-state index is 5.96. The van der Waals surface area contributed by atoms with Crippen molar-refractivity contribution in [3.63, 3.8) is 0 Å². The van der Waals surface area contributed by atoms with Gasteiger partial charge in [0.05, 0.1) is 6.61 Å². The van der Waals surface area contributed by atoms with E-state index in [-0.39, 0.29) is 6.10 Å². The normalized spacial score (nSPS) is 12.2. The van der Waals surface area contributed by atoms with Crippen LogP contribution in [0.25, 0.3) is 0 Å². The number of hydrogen-bond acceptors (Lipinski definition) is 3. The molecule has 1 rings (SSSR count). The van der Waals surface area contributed by atoms with Crippen molar-refractivity contribution >= 4 is 0 Å². The number of hydrogen-bond donors (Lipinski definition) is 1. The van der Waals surface area contributed by atoms with E-state index in [9.17, 15) is 0 Å². The highest BCUT2D eigenvalue weighted by molar-refractivity contribution is 5.39. The summed E-state index contributed by atoms with van der Waals surface area (Å²) in [5.74, 6) is 1.66. The summed E-state index contributed by atoms with van der Waals surface area (Å²) in [6, 6.07) is 7.83. The Balaban J connectivity index is 2.64. The summed E-state index contributed by atoms with van der Waals surface area (Å²) in [5.41, 5.74) is 0. The van der Waals surface area contributed by atoms with Crippen LogP contribution >= 0.6 is 0 Å². The first-order chi connectivity index (χ1) is 8.31. The van der Waals surface area contributed by atoms with E-state index in [0.717, 1.165) is 31.0 Å². The van der Waals surface area contributed by atoms with Crippen LogP contribution in [0.1, 0.15) is 27.2 Å². The minimum absolute atomic E-state index is 0.191. The summed E-state index contributed by atoms with van der Waals surface area (Å²) in [6.45, 7) is 8.70. The van der Waals surface area contributed by atoms with Crippen LogP contribution < -0.4 is 14.8 Å². The van der Waals surface area contributed by atoms with Crippen LogP contribution in [0.15, 0.2) is 24.3 Å². The Morgan fingerprint density at radius 2 is 1.82 bits per heavy atom. The summed E-state index contributed by atoms with van der Waals surface area (Å²) in [4.78, 5) is 0. The third-order valence-corrected chi connectivity index (χ3v) is 2.52. The smallest absolute Gasteiger partial charge is 0.161 e. The van der Waals surface area contributed by atoms with E-state index < -0.39 is 0 Å². The van der Waals surface area contributed by atoms with Gasteiger partial charge in [-0.05, 0) is 32.0 Å². The Kier molecular flexibility index (Phi) is 6.48. The Hall–Kier alpha value is -1.22. The van der Waals surface area contributed by atoms with E-state index in [2.05, 4.69) is 19.2 Å². The number of ether oxygens (including phenoxy) is 2. The van der Waals surface area contributed by atoms with Crippen LogP contribution in [-0.2, 0) is 0 Å². The van der Waals surface area contributed by atoms with E-state index in [0.29, 0.717) is 6.61 Å². The van der Waals surface area contributed by atoms with Crippen LogP contribution in [0.2, 0.25) is 0 Å². The molecule has 0 radical (unpaired) electrons. The number of para-hydroxylation sites is 2. The summed E-state index contributed by atoms with van der Waals surface area (Å²) < 4.78 is 11.5. The first-order valence-electron chi connectivity index (χ1n) is 6.40. The minimum Gasteiger partial charge on any atom is -0.490 e. The van der Waals surface area contributed by atoms with Crippen molar-refractivity contribution < 1.29 is 9.47 Å². The molecular formula is C14H23NO2. The van der Waals surface area contributed by atoms with Crippen LogP contribution in [0.4, 0.5) is 0 Å². The number of rotatable bonds is 8. The van der Waals surface area contributed by atoms with Crippen LogP contribution in [0, 0.1) is 0 Å². The monoisotopic (exact) mass is 237 g/mol. The maximum absolute atomic E-state index is 5.96. The Labute approximate surface area is 104 Å². The standard InChI is InChI=1S/C14H23NO2/c1-4-12(11-15-5-2)17-14-10-8-7-9-13(14)16-6-3/h7-10,12,15H,4-6,11H2,1-3H3. The van der Waals surface area contributed by atoms with Gasteiger partial charge >= 0.3 is 0 Å². The molecule has 96 valence electrons. The molecular weight excluding hydrogens is 214 g/mol. The van der Waals surface area contributed by atoms with Gasteiger partial charge in [0.25, 0.3) is 0 Å². The molecule has 1 aromatic carbocycles. The van der Waals surface area contributed by atoms with Crippen molar-refractivity contribution in [2.45, 2.75) is 33.3 Å². The maximum Gasteiger partial charge on any atom is 0.161 e. The van der Waals surface area contributed by atoms with Gasteiger partial charge in [-0.25, -0.2) is 0 Å². The zero-order valence-electron chi connectivity index (χ0n) is 11.0. The molecule has 1 N–H and O–H groups in total. The second-order valence-corrected chi connectivity index (χ2v) is 3.84. The average Bonchev–Trinajstić information content (AvgIpc) is 2.36. The second kappa shape index (κ2) is 7.96. The molecule has 0 aliphatic carbocycles. The molecule has 0 bridgehead atoms. The van der Waals surface area contributed by atoms with Crippen molar-refractivity contribution in [1.82, 2.24) is 5.32 Å². The number of likely N-dealkylation sites (N-methyl/N-ethyl adjacent to an activating group) is 1. The summed E-state index contributed by atoms with van der Waals surface area (Å²) in [7, 11) is 0. The highest BCUT2D eigenvalue weighted by atomic mass is 16.5. The quantitative estimate of drug-likeness (QED) is 0.754. The topological polar surface area (TPSA) is 30.5 Å². The lowest BCUT2D eigenvalue weighted by Crippen LogP contribution is -2.30. The molecule has 3 nitrogen and oxygen atoms in total. The lowest BCUT2D eigenvalue weighted by Gasteiger charge is -2.19. The van der Waals surface area contributed by atoms with Gasteiger partial charge in [-0.1, -0.05) is 26.0 Å². The van der Waals surface area contributed by atoms with Gasteiger partial charge in [0.2, 0.25) is 0 Å². The van der Waals surface area contributed by atoms with Crippen molar-refractivity contribution in [1.29, 1.82) is 0 Å². The van der Waals surface area contributed by atoms with Gasteiger partial charge in [0.1, 0.15) is 6.10 Å². The first kappa shape index (κ1) is 13.8. The van der Waals surface area contributed by atoms with Crippen molar-refractivity contribution in [2.75, 3.05) is 19.7 Å². The molecule has 0 heterocycles. The molecule has 0 aliphatic heterocycles. The van der Waals surface area contributed by atoms with E-state index >= 15 is 0 Å². The summed E-state index contributed by atoms with van der Waals surface area (Å²) >= 11 is 0. The van der Waals surface area contributed by atoms with E-state index in [1.807, 2.05) is 31.2 Å². The van der Waals surface area contributed by atoms with Gasteiger partial charge in [-0.3, -0.25) is 0 Å². The van der Waals surface area contributed by atoms with Gasteiger partial charge < -0.3 is 14.8 Å². The molecule has 0 saturated heterocycles. The highest BCUT2D eigenvalue weighted by Crippen LogP contribution is 2.27. The molecule has 0 amide bonds. The van der Waals surface area contributed by atoms with E-state index in [1.165, 1.54) is 0 Å². The molecule has 1 unspecified atom stereocenters.